The molecule has 1 aromatic carbocycles. The van der Waals surface area contributed by atoms with Gasteiger partial charge < -0.3 is 14.8 Å². The van der Waals surface area contributed by atoms with E-state index in [1.807, 2.05) is 62.6 Å². The minimum absolute atomic E-state index is 0.0305. The highest BCUT2D eigenvalue weighted by Crippen LogP contribution is 2.25. The Kier molecular flexibility index (Phi) is 5.04. The Labute approximate surface area is 130 Å². The lowest BCUT2D eigenvalue weighted by Gasteiger charge is -2.26. The lowest BCUT2D eigenvalue weighted by atomic mass is 10.1. The van der Waals surface area contributed by atoms with E-state index in [1.54, 1.807) is 10.6 Å². The van der Waals surface area contributed by atoms with Gasteiger partial charge in [-0.15, -0.1) is 0 Å². The van der Waals surface area contributed by atoms with E-state index in [0.717, 1.165) is 5.56 Å². The van der Waals surface area contributed by atoms with Crippen LogP contribution in [-0.2, 0) is 7.05 Å². The number of carbonyl (C=O) groups is 1. The molecular weight excluding hydrogens is 286 g/mol. The molecule has 1 unspecified atom stereocenters. The highest BCUT2D eigenvalue weighted by Gasteiger charge is 2.18. The largest absolute Gasteiger partial charge is 0.349 e. The number of amides is 1. The average Bonchev–Trinajstić information content (AvgIpc) is 2.86. The number of likely N-dealkylation sites (N-methyl/N-ethyl adjacent to an activating group) is 1. The van der Waals surface area contributed by atoms with Gasteiger partial charge in [-0.1, -0.05) is 29.8 Å². The second kappa shape index (κ2) is 6.78. The van der Waals surface area contributed by atoms with Crippen molar-refractivity contribution in [2.24, 2.45) is 7.05 Å². The summed E-state index contributed by atoms with van der Waals surface area (Å²) in [7, 11) is 5.80. The van der Waals surface area contributed by atoms with Crippen molar-refractivity contribution in [3.63, 3.8) is 0 Å². The maximum absolute atomic E-state index is 12.2. The van der Waals surface area contributed by atoms with Crippen molar-refractivity contribution in [3.8, 4) is 0 Å². The van der Waals surface area contributed by atoms with Crippen LogP contribution in [0.3, 0.4) is 0 Å². The Morgan fingerprint density at radius 2 is 2.00 bits per heavy atom. The fourth-order valence-electron chi connectivity index (χ4n) is 2.29. The van der Waals surface area contributed by atoms with Gasteiger partial charge in [-0.2, -0.15) is 0 Å². The van der Waals surface area contributed by atoms with E-state index in [2.05, 4.69) is 5.32 Å². The van der Waals surface area contributed by atoms with Crippen LogP contribution in [0.15, 0.2) is 42.6 Å². The number of aromatic nitrogens is 1. The molecule has 0 aliphatic rings. The van der Waals surface area contributed by atoms with Crippen molar-refractivity contribution in [2.75, 3.05) is 20.6 Å². The zero-order valence-electron chi connectivity index (χ0n) is 12.5. The number of carbonyl (C=O) groups excluding carboxylic acids is 1. The molecule has 5 heteroatoms. The van der Waals surface area contributed by atoms with Gasteiger partial charge in [0, 0.05) is 24.8 Å². The number of aryl methyl sites for hydroxylation is 1. The summed E-state index contributed by atoms with van der Waals surface area (Å²) in [6.07, 6.45) is 1.85. The molecule has 21 heavy (non-hydrogen) atoms. The molecule has 0 bridgehead atoms. The minimum Gasteiger partial charge on any atom is -0.349 e. The standard InChI is InChI=1S/C16H20ClN3O/c1-19(2)15(12-7-4-5-8-13(12)17)11-18-16(21)14-9-6-10-20(14)3/h4-10,15H,11H2,1-3H3,(H,18,21). The fraction of sp³-hybridized carbons (Fsp3) is 0.312. The first-order chi connectivity index (χ1) is 10.0. The number of nitrogens with one attached hydrogen (secondary N) is 1. The third kappa shape index (κ3) is 3.65. The van der Waals surface area contributed by atoms with Crippen molar-refractivity contribution in [1.82, 2.24) is 14.8 Å². The maximum atomic E-state index is 12.2. The molecule has 1 heterocycles. The summed E-state index contributed by atoms with van der Waals surface area (Å²) in [4.78, 5) is 14.2. The molecule has 0 fully saturated rings. The molecule has 0 spiro atoms. The summed E-state index contributed by atoms with van der Waals surface area (Å²) in [5.74, 6) is -0.0820. The SMILES string of the molecule is CN(C)C(CNC(=O)c1cccn1C)c1ccccc1Cl. The molecule has 1 N–H and O–H groups in total. The summed E-state index contributed by atoms with van der Waals surface area (Å²) in [6.45, 7) is 0.501. The van der Waals surface area contributed by atoms with Crippen LogP contribution in [0.1, 0.15) is 22.1 Å². The maximum Gasteiger partial charge on any atom is 0.267 e. The van der Waals surface area contributed by atoms with Crippen molar-refractivity contribution in [1.29, 1.82) is 0 Å². The van der Waals surface area contributed by atoms with Crippen LogP contribution in [0.2, 0.25) is 5.02 Å². The Balaban J connectivity index is 2.10. The van der Waals surface area contributed by atoms with Crippen LogP contribution < -0.4 is 5.32 Å². The normalized spacial score (nSPS) is 12.4. The zero-order chi connectivity index (χ0) is 15.4. The van der Waals surface area contributed by atoms with E-state index in [1.165, 1.54) is 0 Å². The van der Waals surface area contributed by atoms with Gasteiger partial charge in [0.1, 0.15) is 5.69 Å². The number of halogens is 1. The van der Waals surface area contributed by atoms with Crippen molar-refractivity contribution < 1.29 is 4.79 Å². The van der Waals surface area contributed by atoms with Crippen LogP contribution in [0.4, 0.5) is 0 Å². The second-order valence-corrected chi connectivity index (χ2v) is 5.62. The van der Waals surface area contributed by atoms with Gasteiger partial charge in [0.05, 0.1) is 6.04 Å². The summed E-state index contributed by atoms with van der Waals surface area (Å²) in [5, 5.41) is 3.69. The fourth-order valence-corrected chi connectivity index (χ4v) is 2.55. The summed E-state index contributed by atoms with van der Waals surface area (Å²) < 4.78 is 1.80. The smallest absolute Gasteiger partial charge is 0.267 e. The Morgan fingerprint density at radius 1 is 1.29 bits per heavy atom. The van der Waals surface area contributed by atoms with Gasteiger partial charge in [0.2, 0.25) is 0 Å². The van der Waals surface area contributed by atoms with Crippen LogP contribution in [0.5, 0.6) is 0 Å². The van der Waals surface area contributed by atoms with E-state index in [9.17, 15) is 4.79 Å². The average molecular weight is 306 g/mol. The molecule has 0 saturated heterocycles. The molecule has 112 valence electrons. The van der Waals surface area contributed by atoms with Crippen LogP contribution in [0, 0.1) is 0 Å². The first kappa shape index (κ1) is 15.6. The van der Waals surface area contributed by atoms with E-state index in [4.69, 9.17) is 11.6 Å². The van der Waals surface area contributed by atoms with Crippen molar-refractivity contribution in [2.45, 2.75) is 6.04 Å². The lowest BCUT2D eigenvalue weighted by molar-refractivity contribution is 0.0934. The molecule has 0 aliphatic heterocycles. The van der Waals surface area contributed by atoms with Gasteiger partial charge in [0.15, 0.2) is 0 Å². The van der Waals surface area contributed by atoms with Gasteiger partial charge >= 0.3 is 0 Å². The van der Waals surface area contributed by atoms with Gasteiger partial charge in [-0.05, 0) is 37.9 Å². The highest BCUT2D eigenvalue weighted by molar-refractivity contribution is 6.31. The Bertz CT molecular complexity index is 621. The lowest BCUT2D eigenvalue weighted by Crippen LogP contribution is -2.35. The van der Waals surface area contributed by atoms with Gasteiger partial charge in [-0.25, -0.2) is 0 Å². The van der Waals surface area contributed by atoms with Crippen molar-refractivity contribution >= 4 is 17.5 Å². The number of rotatable bonds is 5. The highest BCUT2D eigenvalue weighted by atomic mass is 35.5. The Morgan fingerprint density at radius 3 is 2.57 bits per heavy atom. The van der Waals surface area contributed by atoms with Gasteiger partial charge in [-0.3, -0.25) is 4.79 Å². The molecule has 4 nitrogen and oxygen atoms in total. The minimum atomic E-state index is -0.0820. The van der Waals surface area contributed by atoms with Crippen LogP contribution in [0.25, 0.3) is 0 Å². The molecule has 0 aliphatic carbocycles. The van der Waals surface area contributed by atoms with Crippen LogP contribution >= 0.6 is 11.6 Å². The summed E-state index contributed by atoms with van der Waals surface area (Å²) in [5.41, 5.74) is 1.66. The topological polar surface area (TPSA) is 37.3 Å². The van der Waals surface area contributed by atoms with Crippen LogP contribution in [-0.4, -0.2) is 36.0 Å². The number of hydrogen-bond acceptors (Lipinski definition) is 2. The Hall–Kier alpha value is -1.78. The third-order valence-electron chi connectivity index (χ3n) is 3.52. The molecule has 1 atom stereocenters. The first-order valence-corrected chi connectivity index (χ1v) is 7.19. The molecule has 1 amide bonds. The van der Waals surface area contributed by atoms with E-state index >= 15 is 0 Å². The molecule has 2 rings (SSSR count). The number of nitrogens with zero attached hydrogens (tertiary/aromatic N) is 2. The first-order valence-electron chi connectivity index (χ1n) is 6.81. The monoisotopic (exact) mass is 305 g/mol. The van der Waals surface area contributed by atoms with E-state index in [0.29, 0.717) is 17.3 Å². The zero-order valence-corrected chi connectivity index (χ0v) is 13.3. The van der Waals surface area contributed by atoms with Gasteiger partial charge in [0.25, 0.3) is 5.91 Å². The summed E-state index contributed by atoms with van der Waals surface area (Å²) in [6, 6.07) is 11.4. The third-order valence-corrected chi connectivity index (χ3v) is 3.86. The predicted molar refractivity (Wildman–Crippen MR) is 85.6 cm³/mol. The quantitative estimate of drug-likeness (QED) is 0.922. The summed E-state index contributed by atoms with van der Waals surface area (Å²) >= 11 is 6.26. The van der Waals surface area contributed by atoms with E-state index in [-0.39, 0.29) is 11.9 Å². The van der Waals surface area contributed by atoms with E-state index < -0.39 is 0 Å². The molecule has 0 saturated carbocycles. The predicted octanol–water partition coefficient (Wildman–Crippen LogP) is 2.71. The molecule has 1 aromatic heterocycles. The molecule has 2 aromatic rings. The molecular formula is C16H20ClN3O. The van der Waals surface area contributed by atoms with Crippen molar-refractivity contribution in [3.05, 3.63) is 58.9 Å². The number of hydrogen-bond donors (Lipinski definition) is 1. The molecule has 0 radical (unpaired) electrons. The second-order valence-electron chi connectivity index (χ2n) is 5.22. The number of benzene rings is 1.